The number of nitrogens with zero attached hydrogens (tertiary/aromatic N) is 1. The molecule has 2 bridgehead atoms. The van der Waals surface area contributed by atoms with Gasteiger partial charge in [0, 0.05) is 5.69 Å². The molecule has 0 radical (unpaired) electrons. The van der Waals surface area contributed by atoms with Gasteiger partial charge in [-0.2, -0.15) is 18.4 Å². The summed E-state index contributed by atoms with van der Waals surface area (Å²) in [6.07, 6.45) is -1.39. The van der Waals surface area contributed by atoms with Gasteiger partial charge in [-0.25, -0.2) is 0 Å². The zero-order chi connectivity index (χ0) is 14.3. The van der Waals surface area contributed by atoms with Gasteiger partial charge in [0.05, 0.1) is 35.4 Å². The fourth-order valence-electron chi connectivity index (χ4n) is 2.97. The third-order valence-electron chi connectivity index (χ3n) is 3.90. The highest BCUT2D eigenvalue weighted by atomic mass is 19.4. The maximum atomic E-state index is 12.9. The van der Waals surface area contributed by atoms with Gasteiger partial charge >= 0.3 is 6.18 Å². The Labute approximate surface area is 114 Å². The molecule has 2 saturated heterocycles. The predicted octanol–water partition coefficient (Wildman–Crippen LogP) is 3.31. The first-order valence-electron chi connectivity index (χ1n) is 6.50. The van der Waals surface area contributed by atoms with E-state index in [0.717, 1.165) is 25.3 Å². The van der Waals surface area contributed by atoms with Gasteiger partial charge in [-0.05, 0) is 37.5 Å². The average molecular weight is 282 g/mol. The average Bonchev–Trinajstić information content (AvgIpc) is 3.00. The van der Waals surface area contributed by atoms with Crippen molar-refractivity contribution in [2.24, 2.45) is 0 Å². The van der Waals surface area contributed by atoms with Crippen LogP contribution in [0.5, 0.6) is 0 Å². The third kappa shape index (κ3) is 2.34. The summed E-state index contributed by atoms with van der Waals surface area (Å²) in [7, 11) is 0. The molecule has 0 spiro atoms. The van der Waals surface area contributed by atoms with E-state index in [0.29, 0.717) is 5.69 Å². The molecule has 1 aromatic carbocycles. The predicted molar refractivity (Wildman–Crippen MR) is 66.1 cm³/mol. The topological polar surface area (TPSA) is 45.0 Å². The second-order valence-electron chi connectivity index (χ2n) is 5.23. The van der Waals surface area contributed by atoms with Gasteiger partial charge in [0.25, 0.3) is 0 Å². The molecular formula is C14H13F3N2O. The molecule has 0 aromatic heterocycles. The molecule has 0 aliphatic carbocycles. The Morgan fingerprint density at radius 2 is 2.10 bits per heavy atom. The molecule has 2 aliphatic rings. The molecule has 0 saturated carbocycles. The van der Waals surface area contributed by atoms with Gasteiger partial charge < -0.3 is 10.1 Å². The van der Waals surface area contributed by atoms with Crippen LogP contribution in [0, 0.1) is 11.3 Å². The highest BCUT2D eigenvalue weighted by Gasteiger charge is 2.41. The summed E-state index contributed by atoms with van der Waals surface area (Å²) >= 11 is 0. The second kappa shape index (κ2) is 4.67. The van der Waals surface area contributed by atoms with E-state index in [4.69, 9.17) is 10.00 Å². The van der Waals surface area contributed by atoms with Crippen molar-refractivity contribution in [2.45, 2.75) is 43.7 Å². The molecule has 3 rings (SSSR count). The monoisotopic (exact) mass is 282 g/mol. The largest absolute Gasteiger partial charge is 0.417 e. The van der Waals surface area contributed by atoms with Gasteiger partial charge in [-0.15, -0.1) is 0 Å². The number of alkyl halides is 3. The van der Waals surface area contributed by atoms with E-state index in [1.807, 2.05) is 0 Å². The molecule has 1 aromatic rings. The Morgan fingerprint density at radius 3 is 2.65 bits per heavy atom. The third-order valence-corrected chi connectivity index (χ3v) is 3.90. The second-order valence-corrected chi connectivity index (χ2v) is 5.23. The lowest BCUT2D eigenvalue weighted by atomic mass is 9.95. The highest BCUT2D eigenvalue weighted by molar-refractivity contribution is 5.53. The van der Waals surface area contributed by atoms with Crippen LogP contribution in [0.4, 0.5) is 18.9 Å². The molecular weight excluding hydrogens is 269 g/mol. The number of hydrogen-bond donors (Lipinski definition) is 1. The lowest BCUT2D eigenvalue weighted by molar-refractivity contribution is -0.137. The highest BCUT2D eigenvalue weighted by Crippen LogP contribution is 2.37. The number of rotatable bonds is 2. The fraction of sp³-hybridized carbons (Fsp3) is 0.500. The van der Waals surface area contributed by atoms with E-state index in [2.05, 4.69) is 5.32 Å². The Kier molecular flexibility index (Phi) is 3.09. The van der Waals surface area contributed by atoms with Crippen molar-refractivity contribution >= 4 is 5.69 Å². The van der Waals surface area contributed by atoms with E-state index >= 15 is 0 Å². The molecule has 20 heavy (non-hydrogen) atoms. The van der Waals surface area contributed by atoms with Gasteiger partial charge in [0.1, 0.15) is 0 Å². The minimum absolute atomic E-state index is 0.0581. The number of hydrogen-bond acceptors (Lipinski definition) is 3. The summed E-state index contributed by atoms with van der Waals surface area (Å²) < 4.78 is 44.3. The van der Waals surface area contributed by atoms with Crippen molar-refractivity contribution in [3.8, 4) is 6.07 Å². The fourth-order valence-corrected chi connectivity index (χ4v) is 2.97. The van der Waals surface area contributed by atoms with Crippen molar-refractivity contribution in [3.05, 3.63) is 29.3 Å². The molecule has 106 valence electrons. The van der Waals surface area contributed by atoms with Gasteiger partial charge in [0.2, 0.25) is 0 Å². The van der Waals surface area contributed by atoms with E-state index in [1.54, 1.807) is 6.07 Å². The van der Waals surface area contributed by atoms with Crippen LogP contribution in [0.2, 0.25) is 0 Å². The molecule has 3 atom stereocenters. The standard InChI is InChI=1S/C14H13F3N2O/c15-14(16,17)11-5-9(2-1-8(11)7-18)19-12-6-10-3-4-13(12)20-10/h1-2,5,10,12-13,19H,3-4,6H2. The quantitative estimate of drug-likeness (QED) is 0.905. The summed E-state index contributed by atoms with van der Waals surface area (Å²) in [5.74, 6) is 0. The van der Waals surface area contributed by atoms with E-state index in [9.17, 15) is 13.2 Å². The zero-order valence-corrected chi connectivity index (χ0v) is 10.6. The number of halogens is 3. The van der Waals surface area contributed by atoms with Crippen LogP contribution in [-0.2, 0) is 10.9 Å². The van der Waals surface area contributed by atoms with Gasteiger partial charge in [-0.3, -0.25) is 0 Å². The smallest absolute Gasteiger partial charge is 0.380 e. The normalized spacial score (nSPS) is 28.4. The van der Waals surface area contributed by atoms with E-state index in [-0.39, 0.29) is 23.8 Å². The molecule has 3 unspecified atom stereocenters. The number of fused-ring (bicyclic) bond motifs is 2. The maximum absolute atomic E-state index is 12.9. The van der Waals surface area contributed by atoms with Crippen LogP contribution in [0.3, 0.4) is 0 Å². The number of nitrogens with one attached hydrogen (secondary N) is 1. The first-order chi connectivity index (χ1) is 9.47. The van der Waals surface area contributed by atoms with Crippen molar-refractivity contribution in [2.75, 3.05) is 5.32 Å². The van der Waals surface area contributed by atoms with Gasteiger partial charge in [0.15, 0.2) is 0 Å². The molecule has 2 aliphatic heterocycles. The Bertz CT molecular complexity index is 565. The summed E-state index contributed by atoms with van der Waals surface area (Å²) in [5.41, 5.74) is -0.862. The lowest BCUT2D eigenvalue weighted by Gasteiger charge is -2.22. The van der Waals surface area contributed by atoms with Gasteiger partial charge in [-0.1, -0.05) is 0 Å². The number of ether oxygens (including phenoxy) is 1. The molecule has 3 nitrogen and oxygen atoms in total. The molecule has 1 N–H and O–H groups in total. The molecule has 6 heteroatoms. The first kappa shape index (κ1) is 13.3. The van der Waals surface area contributed by atoms with Crippen LogP contribution in [0.25, 0.3) is 0 Å². The zero-order valence-electron chi connectivity index (χ0n) is 10.6. The lowest BCUT2D eigenvalue weighted by Crippen LogP contribution is -2.30. The summed E-state index contributed by atoms with van der Waals surface area (Å²) in [4.78, 5) is 0. The van der Waals surface area contributed by atoms with Crippen molar-refractivity contribution in [1.29, 1.82) is 5.26 Å². The minimum Gasteiger partial charge on any atom is -0.380 e. The van der Waals surface area contributed by atoms with E-state index in [1.165, 1.54) is 12.1 Å². The summed E-state index contributed by atoms with van der Waals surface area (Å²) in [5, 5.41) is 11.9. The van der Waals surface area contributed by atoms with Crippen LogP contribution < -0.4 is 5.32 Å². The van der Waals surface area contributed by atoms with Crippen molar-refractivity contribution < 1.29 is 17.9 Å². The molecule has 2 heterocycles. The van der Waals surface area contributed by atoms with Crippen LogP contribution >= 0.6 is 0 Å². The Balaban J connectivity index is 1.83. The SMILES string of the molecule is N#Cc1ccc(NC2CC3CCC2O3)cc1C(F)(F)F. The molecule has 0 amide bonds. The maximum Gasteiger partial charge on any atom is 0.417 e. The summed E-state index contributed by atoms with van der Waals surface area (Å²) in [6.45, 7) is 0. The van der Waals surface area contributed by atoms with Crippen molar-refractivity contribution in [1.82, 2.24) is 0 Å². The van der Waals surface area contributed by atoms with Crippen molar-refractivity contribution in [3.63, 3.8) is 0 Å². The number of benzene rings is 1. The van der Waals surface area contributed by atoms with Crippen LogP contribution in [-0.4, -0.2) is 18.2 Å². The van der Waals surface area contributed by atoms with Crippen LogP contribution in [0.15, 0.2) is 18.2 Å². The first-order valence-corrected chi connectivity index (χ1v) is 6.50. The van der Waals surface area contributed by atoms with Crippen LogP contribution in [0.1, 0.15) is 30.4 Å². The number of nitriles is 1. The Morgan fingerprint density at radius 1 is 1.30 bits per heavy atom. The molecule has 2 fully saturated rings. The Hall–Kier alpha value is -1.74. The minimum atomic E-state index is -4.52. The number of anilines is 1. The summed E-state index contributed by atoms with van der Waals surface area (Å²) in [6, 6.07) is 5.36. The van der Waals surface area contributed by atoms with E-state index < -0.39 is 11.7 Å².